The number of phenols is 1. The number of benzene rings is 1. The molecule has 17 heavy (non-hydrogen) atoms. The van der Waals surface area contributed by atoms with E-state index in [2.05, 4.69) is 12.2 Å². The first-order valence-electron chi connectivity index (χ1n) is 5.05. The number of phenolic OH excluding ortho intramolecular Hbond substituents is 1. The fourth-order valence-electron chi connectivity index (χ4n) is 0.989. The maximum atomic E-state index is 9.00. The second-order valence-electron chi connectivity index (χ2n) is 3.28. The zero-order chi connectivity index (χ0) is 13.3. The van der Waals surface area contributed by atoms with E-state index in [0.717, 1.165) is 12.2 Å². The van der Waals surface area contributed by atoms with Crippen molar-refractivity contribution in [1.29, 1.82) is 0 Å². The first-order valence-corrected chi connectivity index (χ1v) is 6.45. The van der Waals surface area contributed by atoms with Gasteiger partial charge in [-0.3, -0.25) is 9.11 Å². The summed E-state index contributed by atoms with van der Waals surface area (Å²) < 4.78 is 31.6. The standard InChI is InChI=1S/C10H15NO.H2O4S/c1-2-3-8-11-9-4-6-10(12)7-5-9;1-5(2,3)4/h4-7,11-12H,2-3,8H2,1H3;(H2,1,2,3,4). The van der Waals surface area contributed by atoms with Crippen LogP contribution in [0.1, 0.15) is 19.8 Å². The SMILES string of the molecule is CCCCNc1ccc(O)cc1.O=S(=O)(O)O. The van der Waals surface area contributed by atoms with Crippen molar-refractivity contribution in [2.75, 3.05) is 11.9 Å². The van der Waals surface area contributed by atoms with Gasteiger partial charge in [-0.1, -0.05) is 13.3 Å². The molecule has 0 aliphatic rings. The molecule has 0 spiro atoms. The molecule has 0 heterocycles. The fourth-order valence-corrected chi connectivity index (χ4v) is 0.989. The van der Waals surface area contributed by atoms with E-state index in [1.165, 1.54) is 12.8 Å². The van der Waals surface area contributed by atoms with E-state index in [1.807, 2.05) is 12.1 Å². The van der Waals surface area contributed by atoms with Crippen molar-refractivity contribution in [3.63, 3.8) is 0 Å². The number of hydrogen-bond donors (Lipinski definition) is 4. The van der Waals surface area contributed by atoms with Crippen LogP contribution in [-0.4, -0.2) is 29.2 Å². The minimum Gasteiger partial charge on any atom is -0.508 e. The molecule has 98 valence electrons. The molecule has 0 aromatic heterocycles. The Labute approximate surface area is 101 Å². The summed E-state index contributed by atoms with van der Waals surface area (Å²) in [5.74, 6) is 0.316. The van der Waals surface area contributed by atoms with E-state index < -0.39 is 10.4 Å². The van der Waals surface area contributed by atoms with Gasteiger partial charge in [-0.2, -0.15) is 8.42 Å². The number of unbranched alkanes of at least 4 members (excludes halogenated alkanes) is 1. The Kier molecular flexibility index (Phi) is 7.27. The van der Waals surface area contributed by atoms with Crippen LogP contribution in [0.4, 0.5) is 5.69 Å². The summed E-state index contributed by atoms with van der Waals surface area (Å²) in [6.45, 7) is 3.17. The third-order valence-corrected chi connectivity index (χ3v) is 1.73. The van der Waals surface area contributed by atoms with Gasteiger partial charge in [0, 0.05) is 12.2 Å². The first kappa shape index (κ1) is 15.7. The van der Waals surface area contributed by atoms with E-state index in [0.29, 0.717) is 5.75 Å². The Balaban J connectivity index is 0.000000437. The fraction of sp³-hybridized carbons (Fsp3) is 0.400. The van der Waals surface area contributed by atoms with Crippen LogP contribution in [0.2, 0.25) is 0 Å². The highest BCUT2D eigenvalue weighted by Crippen LogP contribution is 2.13. The van der Waals surface area contributed by atoms with Crippen molar-refractivity contribution in [3.8, 4) is 5.75 Å². The monoisotopic (exact) mass is 263 g/mol. The van der Waals surface area contributed by atoms with Gasteiger partial charge in [-0.05, 0) is 30.7 Å². The summed E-state index contributed by atoms with van der Waals surface area (Å²) in [5, 5.41) is 12.3. The van der Waals surface area contributed by atoms with Crippen LogP contribution in [0.5, 0.6) is 5.75 Å². The average Bonchev–Trinajstić information content (AvgIpc) is 2.19. The van der Waals surface area contributed by atoms with E-state index in [-0.39, 0.29) is 0 Å². The lowest BCUT2D eigenvalue weighted by molar-refractivity contribution is 0.381. The quantitative estimate of drug-likeness (QED) is 0.376. The summed E-state index contributed by atoms with van der Waals surface area (Å²) in [4.78, 5) is 0. The van der Waals surface area contributed by atoms with Crippen LogP contribution in [0.15, 0.2) is 24.3 Å². The minimum absolute atomic E-state index is 0.316. The predicted octanol–water partition coefficient (Wildman–Crippen LogP) is 1.95. The van der Waals surface area contributed by atoms with Crippen molar-refractivity contribution in [2.24, 2.45) is 0 Å². The van der Waals surface area contributed by atoms with Crippen LogP contribution in [0.3, 0.4) is 0 Å². The van der Waals surface area contributed by atoms with Gasteiger partial charge in [0.15, 0.2) is 0 Å². The van der Waals surface area contributed by atoms with Gasteiger partial charge in [0.25, 0.3) is 0 Å². The molecular formula is C10H17NO5S. The van der Waals surface area contributed by atoms with Crippen molar-refractivity contribution >= 4 is 16.1 Å². The van der Waals surface area contributed by atoms with E-state index in [4.69, 9.17) is 22.6 Å². The highest BCUT2D eigenvalue weighted by Gasteiger charge is 1.90. The van der Waals surface area contributed by atoms with Crippen molar-refractivity contribution in [2.45, 2.75) is 19.8 Å². The molecule has 4 N–H and O–H groups in total. The molecule has 0 aliphatic carbocycles. The third-order valence-electron chi connectivity index (χ3n) is 1.73. The normalized spacial score (nSPS) is 10.3. The molecule has 0 saturated carbocycles. The van der Waals surface area contributed by atoms with Crippen LogP contribution >= 0.6 is 0 Å². The van der Waals surface area contributed by atoms with E-state index >= 15 is 0 Å². The molecule has 6 nitrogen and oxygen atoms in total. The summed E-state index contributed by atoms with van der Waals surface area (Å²) in [6, 6.07) is 7.14. The van der Waals surface area contributed by atoms with Gasteiger partial charge in [-0.15, -0.1) is 0 Å². The van der Waals surface area contributed by atoms with Crippen LogP contribution in [-0.2, 0) is 10.4 Å². The second-order valence-corrected chi connectivity index (χ2v) is 4.17. The van der Waals surface area contributed by atoms with Gasteiger partial charge in [0.1, 0.15) is 5.75 Å². The molecule has 0 aliphatic heterocycles. The molecule has 0 fully saturated rings. The zero-order valence-electron chi connectivity index (χ0n) is 9.50. The summed E-state index contributed by atoms with van der Waals surface area (Å²) in [7, 11) is -4.67. The van der Waals surface area contributed by atoms with E-state index in [1.54, 1.807) is 12.1 Å². The zero-order valence-corrected chi connectivity index (χ0v) is 10.3. The van der Waals surface area contributed by atoms with Gasteiger partial charge in [-0.25, -0.2) is 0 Å². The largest absolute Gasteiger partial charge is 0.508 e. The maximum absolute atomic E-state index is 9.00. The molecule has 0 unspecified atom stereocenters. The Morgan fingerprint density at radius 2 is 1.65 bits per heavy atom. The van der Waals surface area contributed by atoms with Crippen molar-refractivity contribution in [1.82, 2.24) is 0 Å². The van der Waals surface area contributed by atoms with Crippen LogP contribution < -0.4 is 5.32 Å². The molecule has 1 rings (SSSR count). The van der Waals surface area contributed by atoms with Crippen molar-refractivity contribution in [3.05, 3.63) is 24.3 Å². The molecule has 0 radical (unpaired) electrons. The number of rotatable bonds is 4. The van der Waals surface area contributed by atoms with Crippen LogP contribution in [0, 0.1) is 0 Å². The van der Waals surface area contributed by atoms with Gasteiger partial charge < -0.3 is 10.4 Å². The molecule has 0 saturated heterocycles. The number of anilines is 1. The maximum Gasteiger partial charge on any atom is 0.394 e. The average molecular weight is 263 g/mol. The lowest BCUT2D eigenvalue weighted by atomic mass is 10.3. The molecule has 1 aromatic carbocycles. The Bertz CT molecular complexity index is 393. The van der Waals surface area contributed by atoms with Gasteiger partial charge in [0.2, 0.25) is 0 Å². The topological polar surface area (TPSA) is 107 Å². The second kappa shape index (κ2) is 7.88. The summed E-state index contributed by atoms with van der Waals surface area (Å²) in [5.41, 5.74) is 1.07. The lowest BCUT2D eigenvalue weighted by Crippen LogP contribution is -1.99. The van der Waals surface area contributed by atoms with Crippen molar-refractivity contribution < 1.29 is 22.6 Å². The highest BCUT2D eigenvalue weighted by molar-refractivity contribution is 7.79. The van der Waals surface area contributed by atoms with Crippen LogP contribution in [0.25, 0.3) is 0 Å². The highest BCUT2D eigenvalue weighted by atomic mass is 32.3. The molecule has 7 heteroatoms. The summed E-state index contributed by atoms with van der Waals surface area (Å²) in [6.07, 6.45) is 2.38. The first-order chi connectivity index (χ1) is 7.83. The molecule has 0 atom stereocenters. The number of aromatic hydroxyl groups is 1. The Morgan fingerprint density at radius 1 is 1.18 bits per heavy atom. The Morgan fingerprint density at radius 3 is 2.06 bits per heavy atom. The predicted molar refractivity (Wildman–Crippen MR) is 65.7 cm³/mol. The molecular weight excluding hydrogens is 246 g/mol. The third kappa shape index (κ3) is 12.6. The number of nitrogens with one attached hydrogen (secondary N) is 1. The van der Waals surface area contributed by atoms with E-state index in [9.17, 15) is 0 Å². The minimum atomic E-state index is -4.67. The number of hydrogen-bond acceptors (Lipinski definition) is 4. The summed E-state index contributed by atoms with van der Waals surface area (Å²) >= 11 is 0. The smallest absolute Gasteiger partial charge is 0.394 e. The molecule has 0 bridgehead atoms. The van der Waals surface area contributed by atoms with Gasteiger partial charge >= 0.3 is 10.4 Å². The Hall–Kier alpha value is -1.31. The lowest BCUT2D eigenvalue weighted by Gasteiger charge is -2.04. The molecule has 0 amide bonds. The van der Waals surface area contributed by atoms with Gasteiger partial charge in [0.05, 0.1) is 0 Å². The molecule has 1 aromatic rings.